The predicted octanol–water partition coefficient (Wildman–Crippen LogP) is 1.36. The van der Waals surface area contributed by atoms with Crippen molar-refractivity contribution in [3.05, 3.63) is 23.0 Å². The van der Waals surface area contributed by atoms with Gasteiger partial charge in [-0.2, -0.15) is 0 Å². The highest BCUT2D eigenvalue weighted by Gasteiger charge is 2.34. The standard InChI is InChI=1S/C10H11ClN2O3/c11-6-4-7(12-5-6)9(14)13-3-1-2-8(13)10(15)16/h4-5,8,12H,1-3H2,(H,15,16). The average Bonchev–Trinajstić information content (AvgIpc) is 2.84. The fourth-order valence-corrected chi connectivity index (χ4v) is 2.08. The zero-order valence-corrected chi connectivity index (χ0v) is 9.20. The first-order chi connectivity index (χ1) is 7.59. The first kappa shape index (κ1) is 11.0. The van der Waals surface area contributed by atoms with Crippen LogP contribution in [0.15, 0.2) is 12.3 Å². The van der Waals surface area contributed by atoms with Crippen molar-refractivity contribution in [2.24, 2.45) is 0 Å². The molecule has 0 aliphatic carbocycles. The van der Waals surface area contributed by atoms with Gasteiger partial charge in [-0.15, -0.1) is 0 Å². The van der Waals surface area contributed by atoms with Crippen LogP contribution >= 0.6 is 11.6 Å². The summed E-state index contributed by atoms with van der Waals surface area (Å²) in [6, 6.07) is 0.788. The van der Waals surface area contributed by atoms with Crippen LogP contribution in [0.25, 0.3) is 0 Å². The lowest BCUT2D eigenvalue weighted by atomic mass is 10.2. The summed E-state index contributed by atoms with van der Waals surface area (Å²) >= 11 is 5.69. The van der Waals surface area contributed by atoms with E-state index in [1.165, 1.54) is 17.2 Å². The number of likely N-dealkylation sites (tertiary alicyclic amines) is 1. The molecular weight excluding hydrogens is 232 g/mol. The van der Waals surface area contributed by atoms with Crippen molar-refractivity contribution in [1.29, 1.82) is 0 Å². The summed E-state index contributed by atoms with van der Waals surface area (Å²) in [4.78, 5) is 27.0. The molecule has 1 aliphatic heterocycles. The minimum atomic E-state index is -0.955. The van der Waals surface area contributed by atoms with Crippen molar-refractivity contribution in [3.8, 4) is 0 Å². The van der Waals surface area contributed by atoms with Crippen LogP contribution in [0.2, 0.25) is 5.02 Å². The molecule has 5 nitrogen and oxygen atoms in total. The molecule has 0 spiro atoms. The number of carboxylic acid groups (broad SMARTS) is 1. The molecule has 1 amide bonds. The largest absolute Gasteiger partial charge is 0.480 e. The Hall–Kier alpha value is -1.49. The number of aromatic amines is 1. The number of nitrogens with one attached hydrogen (secondary N) is 1. The summed E-state index contributed by atoms with van der Waals surface area (Å²) in [6.07, 6.45) is 2.73. The van der Waals surface area contributed by atoms with Crippen molar-refractivity contribution in [3.63, 3.8) is 0 Å². The summed E-state index contributed by atoms with van der Waals surface area (Å²) in [5, 5.41) is 9.39. The van der Waals surface area contributed by atoms with Gasteiger partial charge in [-0.3, -0.25) is 4.79 Å². The molecule has 16 heavy (non-hydrogen) atoms. The Kier molecular flexibility index (Phi) is 2.87. The Morgan fingerprint density at radius 2 is 2.31 bits per heavy atom. The van der Waals surface area contributed by atoms with E-state index in [1.54, 1.807) is 0 Å². The van der Waals surface area contributed by atoms with E-state index in [0.29, 0.717) is 23.7 Å². The van der Waals surface area contributed by atoms with Gasteiger partial charge in [0.15, 0.2) is 0 Å². The van der Waals surface area contributed by atoms with Gasteiger partial charge in [0.2, 0.25) is 0 Å². The second kappa shape index (κ2) is 4.17. The van der Waals surface area contributed by atoms with Crippen LogP contribution in [0.1, 0.15) is 23.3 Å². The Balaban J connectivity index is 2.18. The van der Waals surface area contributed by atoms with Gasteiger partial charge in [0.05, 0.1) is 5.02 Å². The molecular formula is C10H11ClN2O3. The predicted molar refractivity (Wildman–Crippen MR) is 57.5 cm³/mol. The first-order valence-corrected chi connectivity index (χ1v) is 5.35. The van der Waals surface area contributed by atoms with E-state index in [0.717, 1.165) is 6.42 Å². The van der Waals surface area contributed by atoms with Gasteiger partial charge in [0.1, 0.15) is 11.7 Å². The topological polar surface area (TPSA) is 73.4 Å². The number of halogens is 1. The zero-order chi connectivity index (χ0) is 11.7. The van der Waals surface area contributed by atoms with Gasteiger partial charge < -0.3 is 15.0 Å². The number of carboxylic acids is 1. The number of aromatic nitrogens is 1. The number of hydrogen-bond donors (Lipinski definition) is 2. The Bertz CT molecular complexity index is 429. The van der Waals surface area contributed by atoms with Crippen molar-refractivity contribution in [1.82, 2.24) is 9.88 Å². The lowest BCUT2D eigenvalue weighted by Gasteiger charge is -2.20. The van der Waals surface area contributed by atoms with Gasteiger partial charge in [-0.1, -0.05) is 11.6 Å². The Labute approximate surface area is 97.0 Å². The van der Waals surface area contributed by atoms with E-state index in [9.17, 15) is 9.59 Å². The van der Waals surface area contributed by atoms with Crippen LogP contribution < -0.4 is 0 Å². The third-order valence-electron chi connectivity index (χ3n) is 2.68. The van der Waals surface area contributed by atoms with Gasteiger partial charge in [-0.05, 0) is 18.9 Å². The second-order valence-electron chi connectivity index (χ2n) is 3.73. The van der Waals surface area contributed by atoms with Gasteiger partial charge in [0.25, 0.3) is 5.91 Å². The Morgan fingerprint density at radius 1 is 1.56 bits per heavy atom. The molecule has 2 rings (SSSR count). The summed E-state index contributed by atoms with van der Waals surface area (Å²) in [6.45, 7) is 0.479. The average molecular weight is 243 g/mol. The van der Waals surface area contributed by atoms with Crippen LogP contribution in [0.4, 0.5) is 0 Å². The molecule has 1 saturated heterocycles. The number of nitrogens with zero attached hydrogens (tertiary/aromatic N) is 1. The SMILES string of the molecule is O=C(O)C1CCCN1C(=O)c1cc(Cl)c[nH]1. The maximum atomic E-state index is 11.9. The van der Waals surface area contributed by atoms with Gasteiger partial charge in [-0.25, -0.2) is 4.79 Å². The van der Waals surface area contributed by atoms with Crippen molar-refractivity contribution in [2.45, 2.75) is 18.9 Å². The van der Waals surface area contributed by atoms with E-state index in [1.807, 2.05) is 0 Å². The minimum absolute atomic E-state index is 0.309. The molecule has 0 radical (unpaired) electrons. The molecule has 2 N–H and O–H groups in total. The number of amides is 1. The molecule has 0 saturated carbocycles. The van der Waals surface area contributed by atoms with Crippen LogP contribution in [0.5, 0.6) is 0 Å². The zero-order valence-electron chi connectivity index (χ0n) is 8.44. The lowest BCUT2D eigenvalue weighted by Crippen LogP contribution is -2.40. The van der Waals surface area contributed by atoms with E-state index < -0.39 is 12.0 Å². The van der Waals surface area contributed by atoms with Gasteiger partial charge in [0, 0.05) is 12.7 Å². The van der Waals surface area contributed by atoms with Crippen LogP contribution in [0, 0.1) is 0 Å². The number of rotatable bonds is 2. The molecule has 0 aromatic carbocycles. The first-order valence-electron chi connectivity index (χ1n) is 4.97. The molecule has 86 valence electrons. The maximum Gasteiger partial charge on any atom is 0.326 e. The van der Waals surface area contributed by atoms with E-state index in [4.69, 9.17) is 16.7 Å². The third-order valence-corrected chi connectivity index (χ3v) is 2.90. The molecule has 1 unspecified atom stereocenters. The number of carbonyl (C=O) groups is 2. The van der Waals surface area contributed by atoms with Crippen molar-refractivity contribution < 1.29 is 14.7 Å². The molecule has 1 fully saturated rings. The highest BCUT2D eigenvalue weighted by molar-refractivity contribution is 6.31. The number of aliphatic carboxylic acids is 1. The van der Waals surface area contributed by atoms with E-state index in [2.05, 4.69) is 4.98 Å². The fraction of sp³-hybridized carbons (Fsp3) is 0.400. The molecule has 1 aromatic rings. The normalized spacial score (nSPS) is 20.1. The second-order valence-corrected chi connectivity index (χ2v) is 4.16. The molecule has 1 aliphatic rings. The van der Waals surface area contributed by atoms with Gasteiger partial charge >= 0.3 is 5.97 Å². The Morgan fingerprint density at radius 3 is 2.88 bits per heavy atom. The highest BCUT2D eigenvalue weighted by atomic mass is 35.5. The summed E-state index contributed by atoms with van der Waals surface area (Å²) < 4.78 is 0. The lowest BCUT2D eigenvalue weighted by molar-refractivity contribution is -0.141. The molecule has 1 aromatic heterocycles. The van der Waals surface area contributed by atoms with E-state index >= 15 is 0 Å². The fourth-order valence-electron chi connectivity index (χ4n) is 1.91. The molecule has 2 heterocycles. The van der Waals surface area contributed by atoms with Crippen molar-refractivity contribution >= 4 is 23.5 Å². The van der Waals surface area contributed by atoms with E-state index in [-0.39, 0.29) is 5.91 Å². The number of carbonyl (C=O) groups excluding carboxylic acids is 1. The summed E-state index contributed by atoms with van der Waals surface area (Å²) in [5.41, 5.74) is 0.332. The van der Waals surface area contributed by atoms with Crippen molar-refractivity contribution in [2.75, 3.05) is 6.54 Å². The summed E-state index contributed by atoms with van der Waals surface area (Å²) in [5.74, 6) is -1.26. The highest BCUT2D eigenvalue weighted by Crippen LogP contribution is 2.21. The van der Waals surface area contributed by atoms with Crippen LogP contribution in [-0.4, -0.2) is 39.5 Å². The quantitative estimate of drug-likeness (QED) is 0.822. The molecule has 0 bridgehead atoms. The third kappa shape index (κ3) is 1.90. The molecule has 6 heteroatoms. The van der Waals surface area contributed by atoms with Crippen LogP contribution in [-0.2, 0) is 4.79 Å². The molecule has 1 atom stereocenters. The maximum absolute atomic E-state index is 11.9. The smallest absolute Gasteiger partial charge is 0.326 e. The number of hydrogen-bond acceptors (Lipinski definition) is 2. The van der Waals surface area contributed by atoms with Crippen LogP contribution in [0.3, 0.4) is 0 Å². The minimum Gasteiger partial charge on any atom is -0.480 e. The number of H-pyrrole nitrogens is 1. The summed E-state index contributed by atoms with van der Waals surface area (Å²) in [7, 11) is 0. The monoisotopic (exact) mass is 242 g/mol.